The molecule has 27 heavy (non-hydrogen) atoms. The highest BCUT2D eigenvalue weighted by atomic mass is 19.1. The smallest absolute Gasteiger partial charge is 0.321 e. The molecule has 4 rings (SSSR count). The number of carbonyl (C=O) groups excluding carboxylic acids is 1. The number of nitrogens with zero attached hydrogens (tertiary/aromatic N) is 1. The number of halogens is 1. The Kier molecular flexibility index (Phi) is 4.87. The van der Waals surface area contributed by atoms with E-state index in [0.29, 0.717) is 19.5 Å². The first-order chi connectivity index (χ1) is 13.1. The number of aryl methyl sites for hydroxylation is 1. The fourth-order valence-corrected chi connectivity index (χ4v) is 4.34. The van der Waals surface area contributed by atoms with Crippen molar-refractivity contribution in [2.45, 2.75) is 31.6 Å². The number of rotatable bonds is 3. The molecule has 2 aromatic rings. The summed E-state index contributed by atoms with van der Waals surface area (Å²) in [6.07, 6.45) is 2.58. The molecule has 0 atom stereocenters. The van der Waals surface area contributed by atoms with Gasteiger partial charge in [-0.25, -0.2) is 9.18 Å². The Bertz CT molecular complexity index is 846. The molecule has 142 valence electrons. The molecule has 2 aliphatic heterocycles. The zero-order valence-electron chi connectivity index (χ0n) is 15.6. The first-order valence-corrected chi connectivity index (χ1v) is 9.57. The van der Waals surface area contributed by atoms with Gasteiger partial charge in [0.05, 0.1) is 0 Å². The van der Waals surface area contributed by atoms with E-state index in [0.717, 1.165) is 42.9 Å². The topological polar surface area (TPSA) is 41.6 Å². The molecule has 0 bridgehead atoms. The number of ether oxygens (including phenoxy) is 1. The number of amides is 2. The molecular formula is C22H25FN2O2. The van der Waals surface area contributed by atoms with Gasteiger partial charge >= 0.3 is 6.03 Å². The molecule has 0 saturated carbocycles. The van der Waals surface area contributed by atoms with Gasteiger partial charge in [0.2, 0.25) is 0 Å². The van der Waals surface area contributed by atoms with Crippen LogP contribution < -0.4 is 10.2 Å². The fraction of sp³-hybridized carbons (Fsp3) is 0.409. The number of para-hydroxylation sites is 1. The minimum absolute atomic E-state index is 0.0136. The molecule has 0 aliphatic carbocycles. The van der Waals surface area contributed by atoms with E-state index in [1.165, 1.54) is 17.7 Å². The second kappa shape index (κ2) is 7.31. The quantitative estimate of drug-likeness (QED) is 0.891. The Morgan fingerprint density at radius 2 is 2.00 bits per heavy atom. The molecule has 0 aromatic heterocycles. The first kappa shape index (κ1) is 18.0. The number of anilines is 1. The van der Waals surface area contributed by atoms with Crippen LogP contribution in [-0.2, 0) is 16.6 Å². The predicted octanol–water partition coefficient (Wildman–Crippen LogP) is 3.95. The van der Waals surface area contributed by atoms with Gasteiger partial charge in [0.15, 0.2) is 0 Å². The molecule has 0 unspecified atom stereocenters. The molecule has 2 heterocycles. The summed E-state index contributed by atoms with van der Waals surface area (Å²) in [5.74, 6) is -0.226. The van der Waals surface area contributed by atoms with Crippen molar-refractivity contribution in [1.82, 2.24) is 5.32 Å². The van der Waals surface area contributed by atoms with Gasteiger partial charge in [0, 0.05) is 37.4 Å². The maximum absolute atomic E-state index is 13.2. The number of hydrogen-bond acceptors (Lipinski definition) is 2. The molecule has 1 fully saturated rings. The Morgan fingerprint density at radius 1 is 1.22 bits per heavy atom. The summed E-state index contributed by atoms with van der Waals surface area (Å²) < 4.78 is 18.8. The lowest BCUT2D eigenvalue weighted by atomic mass is 9.76. The summed E-state index contributed by atoms with van der Waals surface area (Å²) in [5, 5.41) is 3.04. The zero-order chi connectivity index (χ0) is 18.9. The summed E-state index contributed by atoms with van der Waals surface area (Å²) in [7, 11) is 0. The standard InChI is InChI=1S/C22H25FN2O2/c1-16-14-18(23)7-6-17(16)8-11-24-21(26)25-15-22(9-12-27-13-10-22)19-4-2-3-5-20(19)25/h2-7,14H,8-13,15H2,1H3,(H,24,26). The molecule has 0 radical (unpaired) electrons. The summed E-state index contributed by atoms with van der Waals surface area (Å²) in [5.41, 5.74) is 4.25. The summed E-state index contributed by atoms with van der Waals surface area (Å²) in [6, 6.07) is 12.9. The minimum Gasteiger partial charge on any atom is -0.381 e. The van der Waals surface area contributed by atoms with Crippen molar-refractivity contribution in [3.63, 3.8) is 0 Å². The highest BCUT2D eigenvalue weighted by Crippen LogP contribution is 2.46. The van der Waals surface area contributed by atoms with Crippen LogP contribution in [0.4, 0.5) is 14.9 Å². The van der Waals surface area contributed by atoms with Crippen molar-refractivity contribution in [3.05, 3.63) is 65.0 Å². The van der Waals surface area contributed by atoms with Crippen LogP contribution in [0.5, 0.6) is 0 Å². The van der Waals surface area contributed by atoms with Crippen molar-refractivity contribution in [2.24, 2.45) is 0 Å². The van der Waals surface area contributed by atoms with Crippen LogP contribution in [-0.4, -0.2) is 32.3 Å². The number of urea groups is 1. The average Bonchev–Trinajstić information content (AvgIpc) is 2.98. The van der Waals surface area contributed by atoms with E-state index in [-0.39, 0.29) is 17.3 Å². The van der Waals surface area contributed by atoms with Crippen molar-refractivity contribution in [3.8, 4) is 0 Å². The summed E-state index contributed by atoms with van der Waals surface area (Å²) in [6.45, 7) is 4.62. The third-order valence-electron chi connectivity index (χ3n) is 5.90. The average molecular weight is 368 g/mol. The number of carbonyl (C=O) groups is 1. The second-order valence-corrected chi connectivity index (χ2v) is 7.55. The lowest BCUT2D eigenvalue weighted by Gasteiger charge is -2.34. The van der Waals surface area contributed by atoms with Crippen molar-refractivity contribution < 1.29 is 13.9 Å². The maximum Gasteiger partial charge on any atom is 0.321 e. The van der Waals surface area contributed by atoms with Crippen LogP contribution in [0.2, 0.25) is 0 Å². The number of benzene rings is 2. The van der Waals surface area contributed by atoms with Gasteiger partial charge in [-0.3, -0.25) is 4.90 Å². The van der Waals surface area contributed by atoms with Gasteiger partial charge in [-0.1, -0.05) is 24.3 Å². The van der Waals surface area contributed by atoms with E-state index in [1.807, 2.05) is 24.0 Å². The molecule has 2 amide bonds. The Labute approximate surface area is 159 Å². The Hall–Kier alpha value is -2.40. The van der Waals surface area contributed by atoms with E-state index in [1.54, 1.807) is 6.07 Å². The van der Waals surface area contributed by atoms with Gasteiger partial charge in [-0.05, 0) is 61.1 Å². The van der Waals surface area contributed by atoms with E-state index < -0.39 is 0 Å². The molecule has 5 heteroatoms. The van der Waals surface area contributed by atoms with E-state index in [9.17, 15) is 9.18 Å². The van der Waals surface area contributed by atoms with Crippen LogP contribution in [0.1, 0.15) is 29.5 Å². The summed E-state index contributed by atoms with van der Waals surface area (Å²) >= 11 is 0. The van der Waals surface area contributed by atoms with Crippen molar-refractivity contribution >= 4 is 11.7 Å². The molecule has 1 N–H and O–H groups in total. The Morgan fingerprint density at radius 3 is 2.78 bits per heavy atom. The van der Waals surface area contributed by atoms with Crippen LogP contribution in [0.3, 0.4) is 0 Å². The van der Waals surface area contributed by atoms with Gasteiger partial charge in [0.25, 0.3) is 0 Å². The fourth-order valence-electron chi connectivity index (χ4n) is 4.34. The predicted molar refractivity (Wildman–Crippen MR) is 104 cm³/mol. The Balaban J connectivity index is 1.44. The molecule has 1 spiro atoms. The molecule has 2 aromatic carbocycles. The highest BCUT2D eigenvalue weighted by Gasteiger charge is 2.45. The van der Waals surface area contributed by atoms with E-state index in [2.05, 4.69) is 17.4 Å². The largest absolute Gasteiger partial charge is 0.381 e. The normalized spacial score (nSPS) is 17.8. The summed E-state index contributed by atoms with van der Waals surface area (Å²) in [4.78, 5) is 14.8. The lowest BCUT2D eigenvalue weighted by molar-refractivity contribution is 0.0556. The minimum atomic E-state index is -0.226. The monoisotopic (exact) mass is 368 g/mol. The third-order valence-corrected chi connectivity index (χ3v) is 5.90. The number of hydrogen-bond donors (Lipinski definition) is 1. The van der Waals surface area contributed by atoms with Gasteiger partial charge in [-0.15, -0.1) is 0 Å². The number of nitrogens with one attached hydrogen (secondary N) is 1. The molecule has 1 saturated heterocycles. The van der Waals surface area contributed by atoms with Crippen LogP contribution in [0.15, 0.2) is 42.5 Å². The van der Waals surface area contributed by atoms with Gasteiger partial charge in [-0.2, -0.15) is 0 Å². The maximum atomic E-state index is 13.2. The van der Waals surface area contributed by atoms with Crippen molar-refractivity contribution in [2.75, 3.05) is 31.2 Å². The molecule has 2 aliphatic rings. The van der Waals surface area contributed by atoms with Crippen LogP contribution >= 0.6 is 0 Å². The van der Waals surface area contributed by atoms with Gasteiger partial charge < -0.3 is 10.1 Å². The molecular weight excluding hydrogens is 343 g/mol. The SMILES string of the molecule is Cc1cc(F)ccc1CCNC(=O)N1CC2(CCOCC2)c2ccccc21. The van der Waals surface area contributed by atoms with Crippen LogP contribution in [0.25, 0.3) is 0 Å². The van der Waals surface area contributed by atoms with E-state index >= 15 is 0 Å². The second-order valence-electron chi connectivity index (χ2n) is 7.55. The first-order valence-electron chi connectivity index (χ1n) is 9.57. The third kappa shape index (κ3) is 3.44. The lowest BCUT2D eigenvalue weighted by Crippen LogP contribution is -2.45. The van der Waals surface area contributed by atoms with Crippen molar-refractivity contribution in [1.29, 1.82) is 0 Å². The van der Waals surface area contributed by atoms with E-state index in [4.69, 9.17) is 4.74 Å². The molecule has 4 nitrogen and oxygen atoms in total. The zero-order valence-corrected chi connectivity index (χ0v) is 15.6. The van der Waals surface area contributed by atoms with Gasteiger partial charge in [0.1, 0.15) is 5.82 Å². The highest BCUT2D eigenvalue weighted by molar-refractivity contribution is 5.95. The van der Waals surface area contributed by atoms with Crippen LogP contribution in [0, 0.1) is 12.7 Å². The number of fused-ring (bicyclic) bond motifs is 2.